The second kappa shape index (κ2) is 6.26. The lowest BCUT2D eigenvalue weighted by Gasteiger charge is -1.89. The molecule has 3 heteroatoms. The summed E-state index contributed by atoms with van der Waals surface area (Å²) in [6.45, 7) is 5.58. The summed E-state index contributed by atoms with van der Waals surface area (Å²) in [5, 5.41) is 0. The Labute approximate surface area is 62.1 Å². The Balaban J connectivity index is 3.59. The highest BCUT2D eigenvalue weighted by atomic mass is 14.9. The highest BCUT2D eigenvalue weighted by molar-refractivity contribution is 6.28. The molecule has 0 amide bonds. The zero-order valence-electron chi connectivity index (χ0n) is 6.67. The van der Waals surface area contributed by atoms with Crippen LogP contribution in [-0.4, -0.2) is 25.1 Å². The number of hydrogen-bond acceptors (Lipinski definition) is 2. The quantitative estimate of drug-likeness (QED) is 0.458. The van der Waals surface area contributed by atoms with Crippen molar-refractivity contribution in [3.63, 3.8) is 0 Å². The van der Waals surface area contributed by atoms with Crippen molar-refractivity contribution in [2.75, 3.05) is 13.1 Å². The van der Waals surface area contributed by atoms with Crippen LogP contribution in [0, 0.1) is 0 Å². The van der Waals surface area contributed by atoms with Crippen LogP contribution < -0.4 is 5.73 Å². The number of hydrogen-bond donors (Lipinski definition) is 1. The predicted octanol–water partition coefficient (Wildman–Crippen LogP) is 0.844. The molecule has 0 fully saturated rings. The molecule has 58 valence electrons. The summed E-state index contributed by atoms with van der Waals surface area (Å²) in [6, 6.07) is 0. The van der Waals surface area contributed by atoms with Crippen LogP contribution in [0.25, 0.3) is 0 Å². The lowest BCUT2D eigenvalue weighted by molar-refractivity contribution is 0.932. The van der Waals surface area contributed by atoms with E-state index in [1.165, 1.54) is 0 Å². The highest BCUT2D eigenvalue weighted by Crippen LogP contribution is 1.76. The normalized spacial score (nSPS) is 12.8. The zero-order valence-corrected chi connectivity index (χ0v) is 6.67. The molecule has 0 unspecified atom stereocenters. The summed E-state index contributed by atoms with van der Waals surface area (Å²) in [5.74, 6) is 0.531. The fourth-order valence-corrected chi connectivity index (χ4v) is 0.467. The molecule has 0 rings (SSSR count). The third-order valence-corrected chi connectivity index (χ3v) is 0.924. The maximum Gasteiger partial charge on any atom is 0.136 e. The molecule has 2 N–H and O–H groups in total. The molecule has 0 aliphatic heterocycles. The highest BCUT2D eigenvalue weighted by Gasteiger charge is 1.81. The average molecular weight is 141 g/mol. The largest absolute Gasteiger partial charge is 0.383 e. The van der Waals surface area contributed by atoms with Gasteiger partial charge in [-0.15, -0.1) is 0 Å². The molecule has 0 aromatic rings. The van der Waals surface area contributed by atoms with Gasteiger partial charge in [0, 0.05) is 13.1 Å². The molecule has 0 aromatic heterocycles. The molecule has 0 aliphatic carbocycles. The molecule has 0 aromatic carbocycles. The lowest BCUT2D eigenvalue weighted by Crippen LogP contribution is -2.13. The minimum Gasteiger partial charge on any atom is -0.383 e. The fraction of sp³-hybridized carbons (Fsp3) is 0.714. The van der Waals surface area contributed by atoms with Crippen LogP contribution in [0.1, 0.15) is 20.3 Å². The van der Waals surface area contributed by atoms with Crippen LogP contribution in [0.15, 0.2) is 9.98 Å². The summed E-state index contributed by atoms with van der Waals surface area (Å²) in [4.78, 5) is 7.97. The molecule has 3 nitrogen and oxygen atoms in total. The van der Waals surface area contributed by atoms with Crippen LogP contribution in [0.3, 0.4) is 0 Å². The maximum absolute atomic E-state index is 5.45. The summed E-state index contributed by atoms with van der Waals surface area (Å²) < 4.78 is 0. The zero-order chi connectivity index (χ0) is 7.82. The third kappa shape index (κ3) is 5.28. The molecule has 0 heterocycles. The van der Waals surface area contributed by atoms with Gasteiger partial charge >= 0.3 is 0 Å². The molecule has 0 atom stereocenters. The Hall–Kier alpha value is -0.860. The van der Waals surface area contributed by atoms with E-state index in [-0.39, 0.29) is 0 Å². The first-order chi connectivity index (χ1) is 4.81. The van der Waals surface area contributed by atoms with Gasteiger partial charge in [-0.2, -0.15) is 0 Å². The van der Waals surface area contributed by atoms with Gasteiger partial charge in [-0.25, -0.2) is 0 Å². The number of nitrogens with zero attached hydrogens (tertiary/aromatic N) is 2. The van der Waals surface area contributed by atoms with Crippen molar-refractivity contribution < 1.29 is 0 Å². The van der Waals surface area contributed by atoms with E-state index in [1.54, 1.807) is 6.21 Å². The van der Waals surface area contributed by atoms with E-state index in [1.807, 2.05) is 6.92 Å². The second-order valence-electron chi connectivity index (χ2n) is 1.93. The number of amidine groups is 1. The monoisotopic (exact) mass is 141 g/mol. The molecule has 0 spiro atoms. The van der Waals surface area contributed by atoms with Gasteiger partial charge < -0.3 is 5.73 Å². The van der Waals surface area contributed by atoms with Crippen LogP contribution in [0.2, 0.25) is 0 Å². The van der Waals surface area contributed by atoms with E-state index in [2.05, 4.69) is 16.9 Å². The van der Waals surface area contributed by atoms with Gasteiger partial charge in [0.25, 0.3) is 0 Å². The van der Waals surface area contributed by atoms with Crippen LogP contribution in [-0.2, 0) is 0 Å². The molecular formula is C7H15N3. The average Bonchev–Trinajstić information content (AvgIpc) is 1.97. The first-order valence-electron chi connectivity index (χ1n) is 3.61. The summed E-state index contributed by atoms with van der Waals surface area (Å²) in [6.07, 6.45) is 2.64. The predicted molar refractivity (Wildman–Crippen MR) is 45.8 cm³/mol. The van der Waals surface area contributed by atoms with Crippen molar-refractivity contribution in [1.82, 2.24) is 0 Å². The van der Waals surface area contributed by atoms with Gasteiger partial charge in [0.05, 0.1) is 6.21 Å². The van der Waals surface area contributed by atoms with E-state index in [4.69, 9.17) is 5.73 Å². The lowest BCUT2D eigenvalue weighted by atomic mass is 10.5. The SMILES string of the molecule is CCC/N=C(N)/C=N/CC. The molecule has 0 aliphatic rings. The van der Waals surface area contributed by atoms with Gasteiger partial charge in [0.1, 0.15) is 5.84 Å². The Bertz CT molecular complexity index is 127. The standard InChI is InChI=1S/C7H15N3/c1-3-5-10-7(8)6-9-4-2/h6H,3-5H2,1-2H3,(H2,8,10)/b9-6+. The summed E-state index contributed by atoms with van der Waals surface area (Å²) in [7, 11) is 0. The molecule has 0 saturated carbocycles. The van der Waals surface area contributed by atoms with Gasteiger partial charge in [-0.05, 0) is 13.3 Å². The van der Waals surface area contributed by atoms with Crippen molar-refractivity contribution in [1.29, 1.82) is 0 Å². The van der Waals surface area contributed by atoms with Crippen molar-refractivity contribution in [3.8, 4) is 0 Å². The van der Waals surface area contributed by atoms with E-state index in [9.17, 15) is 0 Å². The first kappa shape index (κ1) is 9.14. The van der Waals surface area contributed by atoms with Gasteiger partial charge in [-0.3, -0.25) is 9.98 Å². The van der Waals surface area contributed by atoms with E-state index in [0.717, 1.165) is 19.5 Å². The van der Waals surface area contributed by atoms with E-state index >= 15 is 0 Å². The minimum atomic E-state index is 0.531. The minimum absolute atomic E-state index is 0.531. The van der Waals surface area contributed by atoms with Crippen molar-refractivity contribution in [2.45, 2.75) is 20.3 Å². The molecule has 10 heavy (non-hydrogen) atoms. The Morgan fingerprint density at radius 1 is 1.50 bits per heavy atom. The first-order valence-corrected chi connectivity index (χ1v) is 3.61. The smallest absolute Gasteiger partial charge is 0.136 e. The Morgan fingerprint density at radius 3 is 2.70 bits per heavy atom. The van der Waals surface area contributed by atoms with Crippen molar-refractivity contribution in [2.24, 2.45) is 15.7 Å². The summed E-state index contributed by atoms with van der Waals surface area (Å²) in [5.41, 5.74) is 5.45. The summed E-state index contributed by atoms with van der Waals surface area (Å²) >= 11 is 0. The van der Waals surface area contributed by atoms with Gasteiger partial charge in [0.15, 0.2) is 0 Å². The molecule has 0 saturated heterocycles. The topological polar surface area (TPSA) is 50.7 Å². The number of aliphatic imine (C=N–C) groups is 2. The fourth-order valence-electron chi connectivity index (χ4n) is 0.467. The van der Waals surface area contributed by atoms with Gasteiger partial charge in [0.2, 0.25) is 0 Å². The number of rotatable bonds is 4. The molecular weight excluding hydrogens is 126 g/mol. The Morgan fingerprint density at radius 2 is 2.20 bits per heavy atom. The Kier molecular flexibility index (Phi) is 5.72. The molecule has 0 bridgehead atoms. The van der Waals surface area contributed by atoms with E-state index < -0.39 is 0 Å². The van der Waals surface area contributed by atoms with Gasteiger partial charge in [-0.1, -0.05) is 6.92 Å². The third-order valence-electron chi connectivity index (χ3n) is 0.924. The second-order valence-corrected chi connectivity index (χ2v) is 1.93. The maximum atomic E-state index is 5.45. The van der Waals surface area contributed by atoms with Crippen LogP contribution in [0.5, 0.6) is 0 Å². The van der Waals surface area contributed by atoms with Crippen LogP contribution >= 0.6 is 0 Å². The van der Waals surface area contributed by atoms with E-state index in [0.29, 0.717) is 5.84 Å². The molecule has 0 radical (unpaired) electrons. The van der Waals surface area contributed by atoms with Crippen LogP contribution in [0.4, 0.5) is 0 Å². The number of nitrogens with two attached hydrogens (primary N) is 1. The van der Waals surface area contributed by atoms with Crippen molar-refractivity contribution in [3.05, 3.63) is 0 Å². The van der Waals surface area contributed by atoms with Crippen molar-refractivity contribution >= 4 is 12.1 Å².